The first-order valence-corrected chi connectivity index (χ1v) is 12.2. The molecule has 0 radical (unpaired) electrons. The number of nitrogens with zero attached hydrogens (tertiary/aromatic N) is 7. The lowest BCUT2D eigenvalue weighted by atomic mass is 9.99. The molecule has 0 atom stereocenters. The number of alkyl halides is 3. The molecule has 2 aliphatic rings. The minimum atomic E-state index is -4.65. The van der Waals surface area contributed by atoms with Crippen LogP contribution < -0.4 is 14.5 Å². The number of halogens is 3. The molecule has 0 amide bonds. The molecule has 0 fully saturated rings. The van der Waals surface area contributed by atoms with Gasteiger partial charge in [-0.25, -0.2) is 0 Å². The van der Waals surface area contributed by atoms with Crippen LogP contribution in [0.5, 0.6) is 5.75 Å². The average molecular weight is 510 g/mol. The third-order valence-corrected chi connectivity index (χ3v) is 7.36. The molecule has 8 nitrogen and oxygen atoms in total. The first-order valence-electron chi connectivity index (χ1n) is 12.2. The van der Waals surface area contributed by atoms with Crippen LogP contribution in [0.2, 0.25) is 0 Å². The van der Waals surface area contributed by atoms with Gasteiger partial charge in [-0.1, -0.05) is 0 Å². The number of anilines is 3. The van der Waals surface area contributed by atoms with Crippen LogP contribution in [0.1, 0.15) is 40.2 Å². The summed E-state index contributed by atoms with van der Waals surface area (Å²) < 4.78 is 46.8. The predicted molar refractivity (Wildman–Crippen MR) is 133 cm³/mol. The van der Waals surface area contributed by atoms with E-state index in [9.17, 15) is 13.2 Å². The molecule has 0 N–H and O–H groups in total. The summed E-state index contributed by atoms with van der Waals surface area (Å²) in [7, 11) is 1.67. The Morgan fingerprint density at radius 1 is 0.973 bits per heavy atom. The van der Waals surface area contributed by atoms with Crippen molar-refractivity contribution >= 4 is 22.8 Å². The third kappa shape index (κ3) is 3.93. The number of pyridine rings is 1. The lowest BCUT2D eigenvalue weighted by Crippen LogP contribution is -2.33. The molecule has 4 aromatic rings. The van der Waals surface area contributed by atoms with Crippen molar-refractivity contribution in [3.63, 3.8) is 0 Å². The summed E-state index contributed by atoms with van der Waals surface area (Å²) in [6.07, 6.45) is -0.0408. The van der Waals surface area contributed by atoms with Gasteiger partial charge in [0.1, 0.15) is 5.75 Å². The molecule has 2 aliphatic heterocycles. The highest BCUT2D eigenvalue weighted by atomic mass is 19.4. The second kappa shape index (κ2) is 8.60. The van der Waals surface area contributed by atoms with Crippen LogP contribution in [0.3, 0.4) is 0 Å². The van der Waals surface area contributed by atoms with Crippen LogP contribution in [0, 0.1) is 13.8 Å². The molecule has 192 valence electrons. The van der Waals surface area contributed by atoms with Gasteiger partial charge in [0.15, 0.2) is 11.5 Å². The Morgan fingerprint density at radius 2 is 1.81 bits per heavy atom. The molecule has 0 unspecified atom stereocenters. The predicted octanol–water partition coefficient (Wildman–Crippen LogP) is 4.81. The number of aromatic nitrogens is 5. The number of hydrogen-bond acceptors (Lipinski definition) is 7. The van der Waals surface area contributed by atoms with Crippen molar-refractivity contribution in [3.05, 3.63) is 64.2 Å². The van der Waals surface area contributed by atoms with Gasteiger partial charge < -0.3 is 14.5 Å². The maximum atomic E-state index is 13.5. The van der Waals surface area contributed by atoms with Gasteiger partial charge in [0, 0.05) is 48.6 Å². The second-order valence-electron chi connectivity index (χ2n) is 9.55. The molecule has 3 aromatic heterocycles. The van der Waals surface area contributed by atoms with Crippen LogP contribution in [0.15, 0.2) is 30.5 Å². The number of rotatable bonds is 3. The normalized spacial score (nSPS) is 15.6. The van der Waals surface area contributed by atoms with Crippen LogP contribution in [-0.4, -0.2) is 45.0 Å². The number of hydrogen-bond donors (Lipinski definition) is 0. The Hall–Kier alpha value is -3.89. The summed E-state index contributed by atoms with van der Waals surface area (Å²) in [6.45, 7) is 5.61. The van der Waals surface area contributed by atoms with E-state index in [-0.39, 0.29) is 5.65 Å². The second-order valence-corrected chi connectivity index (χ2v) is 9.55. The summed E-state index contributed by atoms with van der Waals surface area (Å²) in [4.78, 5) is 9.06. The maximum Gasteiger partial charge on any atom is 0.453 e. The Labute approximate surface area is 211 Å². The fourth-order valence-corrected chi connectivity index (χ4v) is 5.30. The summed E-state index contributed by atoms with van der Waals surface area (Å²) >= 11 is 0. The van der Waals surface area contributed by atoms with Crippen LogP contribution >= 0.6 is 0 Å². The first-order chi connectivity index (χ1) is 17.7. The van der Waals surface area contributed by atoms with Gasteiger partial charge in [-0.2, -0.15) is 17.7 Å². The quantitative estimate of drug-likeness (QED) is 0.393. The van der Waals surface area contributed by atoms with Crippen molar-refractivity contribution in [1.29, 1.82) is 0 Å². The number of aryl methyl sites for hydroxylation is 2. The lowest BCUT2D eigenvalue weighted by molar-refractivity contribution is -0.146. The molecule has 0 spiro atoms. The molecule has 1 aromatic carbocycles. The Kier molecular flexibility index (Phi) is 5.46. The third-order valence-electron chi connectivity index (χ3n) is 7.36. The SMILES string of the molecule is COc1ccc2c(c1)CCCN2c1cnc2c(c1)CN(c1nn3c(C(F)(F)F)nnc3c(C)c1C)CC2. The Bertz CT molecular complexity index is 1510. The highest BCUT2D eigenvalue weighted by Crippen LogP contribution is 2.37. The number of methoxy groups -OCH3 is 1. The summed E-state index contributed by atoms with van der Waals surface area (Å²) in [5, 5.41) is 11.5. The zero-order chi connectivity index (χ0) is 25.9. The van der Waals surface area contributed by atoms with Crippen molar-refractivity contribution in [1.82, 2.24) is 24.8 Å². The van der Waals surface area contributed by atoms with E-state index in [4.69, 9.17) is 9.72 Å². The Balaban J connectivity index is 1.36. The molecular formula is C26H26F3N7O. The van der Waals surface area contributed by atoms with E-state index in [1.165, 1.54) is 5.56 Å². The van der Waals surface area contributed by atoms with Gasteiger partial charge in [-0.3, -0.25) is 4.98 Å². The molecule has 37 heavy (non-hydrogen) atoms. The number of fused-ring (bicyclic) bond motifs is 3. The maximum absolute atomic E-state index is 13.5. The topological polar surface area (TPSA) is 71.7 Å². The summed E-state index contributed by atoms with van der Waals surface area (Å²) in [6, 6.07) is 8.29. The number of ether oxygens (including phenoxy) is 1. The van der Waals surface area contributed by atoms with Gasteiger partial charge in [0.2, 0.25) is 0 Å². The average Bonchev–Trinajstić information content (AvgIpc) is 3.34. The van der Waals surface area contributed by atoms with Crippen molar-refractivity contribution < 1.29 is 17.9 Å². The summed E-state index contributed by atoms with van der Waals surface area (Å²) in [5.74, 6) is 0.229. The molecule has 11 heteroatoms. The van der Waals surface area contributed by atoms with Gasteiger partial charge in [-0.15, -0.1) is 15.3 Å². The van der Waals surface area contributed by atoms with E-state index < -0.39 is 12.0 Å². The summed E-state index contributed by atoms with van der Waals surface area (Å²) in [5.41, 5.74) is 6.98. The zero-order valence-corrected chi connectivity index (χ0v) is 20.8. The molecule has 6 rings (SSSR count). The number of benzene rings is 1. The molecular weight excluding hydrogens is 483 g/mol. The molecule has 0 aliphatic carbocycles. The van der Waals surface area contributed by atoms with Crippen LogP contribution in [0.25, 0.3) is 5.65 Å². The van der Waals surface area contributed by atoms with E-state index >= 15 is 0 Å². The molecule has 0 saturated heterocycles. The first kappa shape index (κ1) is 23.5. The molecule has 0 bridgehead atoms. The molecule has 5 heterocycles. The highest BCUT2D eigenvalue weighted by molar-refractivity contribution is 5.69. The van der Waals surface area contributed by atoms with Gasteiger partial charge in [-0.05, 0) is 62.1 Å². The highest BCUT2D eigenvalue weighted by Gasteiger charge is 2.38. The smallest absolute Gasteiger partial charge is 0.453 e. The van der Waals surface area contributed by atoms with Crippen molar-refractivity contribution in [3.8, 4) is 5.75 Å². The minimum absolute atomic E-state index is 0.121. The van der Waals surface area contributed by atoms with Crippen molar-refractivity contribution in [2.75, 3.05) is 30.0 Å². The van der Waals surface area contributed by atoms with E-state index in [2.05, 4.69) is 38.4 Å². The lowest BCUT2D eigenvalue weighted by Gasteiger charge is -2.34. The monoisotopic (exact) mass is 509 g/mol. The van der Waals surface area contributed by atoms with E-state index in [0.717, 1.165) is 57.8 Å². The fraction of sp³-hybridized carbons (Fsp3) is 0.385. The van der Waals surface area contributed by atoms with Crippen molar-refractivity contribution in [2.45, 2.75) is 45.8 Å². The molecule has 0 saturated carbocycles. The van der Waals surface area contributed by atoms with E-state index in [1.54, 1.807) is 14.0 Å². The van der Waals surface area contributed by atoms with E-state index in [0.29, 0.717) is 30.9 Å². The van der Waals surface area contributed by atoms with Gasteiger partial charge in [0.05, 0.1) is 19.0 Å². The zero-order valence-electron chi connectivity index (χ0n) is 20.8. The van der Waals surface area contributed by atoms with Crippen molar-refractivity contribution in [2.24, 2.45) is 0 Å². The fourth-order valence-electron chi connectivity index (χ4n) is 5.30. The Morgan fingerprint density at radius 3 is 2.59 bits per heavy atom. The van der Waals surface area contributed by atoms with Gasteiger partial charge in [0.25, 0.3) is 5.82 Å². The van der Waals surface area contributed by atoms with Crippen LogP contribution in [-0.2, 0) is 25.6 Å². The van der Waals surface area contributed by atoms with Crippen LogP contribution in [0.4, 0.5) is 30.4 Å². The van der Waals surface area contributed by atoms with Gasteiger partial charge >= 0.3 is 6.18 Å². The standard InChI is InChI=1S/C26H26F3N7O/c1-15-16(2)24(33-36-23(15)31-32-25(36)26(27,28)29)34-10-8-21-18(14-34)11-19(13-30-21)35-9-4-5-17-12-20(37-3)6-7-22(17)35/h6-7,11-13H,4-5,8-10,14H2,1-3H3. The van der Waals surface area contributed by atoms with E-state index in [1.807, 2.05) is 24.1 Å². The minimum Gasteiger partial charge on any atom is -0.497 e. The largest absolute Gasteiger partial charge is 0.497 e.